The van der Waals surface area contributed by atoms with Gasteiger partial charge >= 0.3 is 0 Å². The van der Waals surface area contributed by atoms with Crippen molar-refractivity contribution in [2.75, 3.05) is 38.5 Å². The van der Waals surface area contributed by atoms with Gasteiger partial charge in [0, 0.05) is 6.54 Å². The van der Waals surface area contributed by atoms with E-state index in [9.17, 15) is 8.42 Å². The van der Waals surface area contributed by atoms with Gasteiger partial charge in [-0.05, 0) is 45.4 Å². The number of rotatable bonds is 11. The van der Waals surface area contributed by atoms with Crippen molar-refractivity contribution in [1.82, 2.24) is 10.6 Å². The molecular weight excluding hydrogens is 230 g/mol. The predicted octanol–water partition coefficient (Wildman–Crippen LogP) is -0.818. The third kappa shape index (κ3) is 13.8. The highest BCUT2D eigenvalue weighted by Crippen LogP contribution is 1.83. The van der Waals surface area contributed by atoms with Crippen LogP contribution in [0.2, 0.25) is 0 Å². The Morgan fingerprint density at radius 2 is 1.50 bits per heavy atom. The summed E-state index contributed by atoms with van der Waals surface area (Å²) in [5.41, 5.74) is 5.35. The van der Waals surface area contributed by atoms with Gasteiger partial charge in [-0.15, -0.1) is 0 Å². The molecule has 16 heavy (non-hydrogen) atoms. The van der Waals surface area contributed by atoms with Crippen LogP contribution in [-0.2, 0) is 10.1 Å². The topological polar surface area (TPSA) is 104 Å². The van der Waals surface area contributed by atoms with Gasteiger partial charge in [0.05, 0.1) is 5.75 Å². The molecule has 5 N–H and O–H groups in total. The largest absolute Gasteiger partial charge is 0.330 e. The van der Waals surface area contributed by atoms with Crippen LogP contribution in [0, 0.1) is 0 Å². The summed E-state index contributed by atoms with van der Waals surface area (Å²) in [6.07, 6.45) is 3.07. The Morgan fingerprint density at radius 1 is 0.938 bits per heavy atom. The van der Waals surface area contributed by atoms with Crippen LogP contribution in [0.15, 0.2) is 0 Å². The second-order valence-corrected chi connectivity index (χ2v) is 5.21. The minimum atomic E-state index is -3.82. The van der Waals surface area contributed by atoms with Crippen molar-refractivity contribution in [2.24, 2.45) is 5.73 Å². The van der Waals surface area contributed by atoms with Crippen molar-refractivity contribution in [2.45, 2.75) is 19.3 Å². The molecule has 0 saturated heterocycles. The van der Waals surface area contributed by atoms with Gasteiger partial charge in [-0.1, -0.05) is 0 Å². The number of hydrogen-bond donors (Lipinski definition) is 4. The van der Waals surface area contributed by atoms with Gasteiger partial charge < -0.3 is 16.4 Å². The Morgan fingerprint density at radius 3 is 2.06 bits per heavy atom. The molecule has 0 rings (SSSR count). The van der Waals surface area contributed by atoms with Crippen LogP contribution in [0.5, 0.6) is 0 Å². The summed E-state index contributed by atoms with van der Waals surface area (Å²) in [5.74, 6) is -0.225. The Bertz CT molecular complexity index is 244. The molecule has 0 aromatic rings. The normalized spacial score (nSPS) is 11.9. The lowest BCUT2D eigenvalue weighted by Crippen LogP contribution is -2.26. The first kappa shape index (κ1) is 15.8. The van der Waals surface area contributed by atoms with Gasteiger partial charge in [0.1, 0.15) is 0 Å². The second-order valence-electron chi connectivity index (χ2n) is 3.64. The van der Waals surface area contributed by atoms with Crippen molar-refractivity contribution in [3.63, 3.8) is 0 Å². The maximum absolute atomic E-state index is 10.4. The van der Waals surface area contributed by atoms with E-state index >= 15 is 0 Å². The lowest BCUT2D eigenvalue weighted by molar-refractivity contribution is 0.480. The summed E-state index contributed by atoms with van der Waals surface area (Å²) in [7, 11) is -3.82. The zero-order chi connectivity index (χ0) is 12.3. The molecule has 0 aromatic carbocycles. The van der Waals surface area contributed by atoms with Crippen molar-refractivity contribution in [1.29, 1.82) is 0 Å². The van der Waals surface area contributed by atoms with E-state index in [-0.39, 0.29) is 5.75 Å². The molecule has 0 unspecified atom stereocenters. The molecule has 0 atom stereocenters. The van der Waals surface area contributed by atoms with E-state index in [1.165, 1.54) is 0 Å². The Balaban J connectivity index is 3.05. The summed E-state index contributed by atoms with van der Waals surface area (Å²) in [6, 6.07) is 0. The summed E-state index contributed by atoms with van der Waals surface area (Å²) >= 11 is 0. The van der Waals surface area contributed by atoms with E-state index in [2.05, 4.69) is 10.6 Å². The fraction of sp³-hybridized carbons (Fsp3) is 1.00. The zero-order valence-electron chi connectivity index (χ0n) is 9.61. The second kappa shape index (κ2) is 9.98. The molecule has 0 spiro atoms. The van der Waals surface area contributed by atoms with E-state index in [0.717, 1.165) is 45.4 Å². The van der Waals surface area contributed by atoms with E-state index in [4.69, 9.17) is 10.3 Å². The number of nitrogens with two attached hydrogens (primary N) is 1. The lowest BCUT2D eigenvalue weighted by atomic mass is 10.3. The highest BCUT2D eigenvalue weighted by molar-refractivity contribution is 7.85. The number of hydrogen-bond acceptors (Lipinski definition) is 5. The molecule has 7 heteroatoms. The SMILES string of the molecule is NCCCCNCCCNCCS(=O)(=O)O. The molecule has 0 radical (unpaired) electrons. The zero-order valence-corrected chi connectivity index (χ0v) is 10.4. The minimum absolute atomic E-state index is 0.225. The van der Waals surface area contributed by atoms with Crippen molar-refractivity contribution >= 4 is 10.1 Å². The lowest BCUT2D eigenvalue weighted by Gasteiger charge is -2.05. The fourth-order valence-corrected chi connectivity index (χ4v) is 1.59. The first-order valence-corrected chi connectivity index (χ1v) is 7.24. The van der Waals surface area contributed by atoms with Crippen LogP contribution in [0.3, 0.4) is 0 Å². The average molecular weight is 253 g/mol. The third-order valence-corrected chi connectivity index (χ3v) is 2.77. The van der Waals surface area contributed by atoms with Crippen LogP contribution >= 0.6 is 0 Å². The van der Waals surface area contributed by atoms with Gasteiger partial charge in [-0.3, -0.25) is 4.55 Å². The molecular formula is C9H23N3O3S. The van der Waals surface area contributed by atoms with Crippen LogP contribution in [-0.4, -0.2) is 51.4 Å². The van der Waals surface area contributed by atoms with E-state index < -0.39 is 10.1 Å². The molecule has 0 aliphatic rings. The van der Waals surface area contributed by atoms with E-state index in [1.807, 2.05) is 0 Å². The minimum Gasteiger partial charge on any atom is -0.330 e. The first-order valence-electron chi connectivity index (χ1n) is 5.63. The Hall–Kier alpha value is -0.210. The van der Waals surface area contributed by atoms with Crippen LogP contribution in [0.4, 0.5) is 0 Å². The molecule has 0 aliphatic heterocycles. The van der Waals surface area contributed by atoms with Crippen molar-refractivity contribution in [3.8, 4) is 0 Å². The fourth-order valence-electron chi connectivity index (χ4n) is 1.18. The predicted molar refractivity (Wildman–Crippen MR) is 65.1 cm³/mol. The summed E-state index contributed by atoms with van der Waals surface area (Å²) in [6.45, 7) is 3.66. The Kier molecular flexibility index (Phi) is 9.85. The van der Waals surface area contributed by atoms with Gasteiger partial charge in [0.2, 0.25) is 0 Å². The molecule has 0 saturated carbocycles. The van der Waals surface area contributed by atoms with Gasteiger partial charge in [-0.2, -0.15) is 8.42 Å². The molecule has 0 bridgehead atoms. The number of nitrogens with one attached hydrogen (secondary N) is 2. The molecule has 0 amide bonds. The van der Waals surface area contributed by atoms with Crippen LogP contribution in [0.25, 0.3) is 0 Å². The summed E-state index contributed by atoms with van der Waals surface area (Å²) in [4.78, 5) is 0. The Labute approximate surface area is 97.7 Å². The maximum Gasteiger partial charge on any atom is 0.266 e. The van der Waals surface area contributed by atoms with Crippen molar-refractivity contribution < 1.29 is 13.0 Å². The van der Waals surface area contributed by atoms with Gasteiger partial charge in [0.25, 0.3) is 10.1 Å². The first-order chi connectivity index (χ1) is 7.56. The summed E-state index contributed by atoms with van der Waals surface area (Å²) in [5, 5.41) is 6.21. The van der Waals surface area contributed by atoms with Crippen molar-refractivity contribution in [3.05, 3.63) is 0 Å². The molecule has 98 valence electrons. The van der Waals surface area contributed by atoms with Crippen LogP contribution < -0.4 is 16.4 Å². The molecule has 0 aromatic heterocycles. The molecule has 6 nitrogen and oxygen atoms in total. The maximum atomic E-state index is 10.4. The van der Waals surface area contributed by atoms with Gasteiger partial charge in [-0.25, -0.2) is 0 Å². The number of unbranched alkanes of at least 4 members (excludes halogenated alkanes) is 1. The van der Waals surface area contributed by atoms with Gasteiger partial charge in [0.15, 0.2) is 0 Å². The molecule has 0 heterocycles. The average Bonchev–Trinajstić information content (AvgIpc) is 2.19. The highest BCUT2D eigenvalue weighted by Gasteiger charge is 2.01. The van der Waals surface area contributed by atoms with E-state index in [0.29, 0.717) is 6.54 Å². The monoisotopic (exact) mass is 253 g/mol. The summed E-state index contributed by atoms with van der Waals surface area (Å²) < 4.78 is 29.2. The third-order valence-electron chi connectivity index (χ3n) is 2.05. The quantitative estimate of drug-likeness (QED) is 0.283. The standard InChI is InChI=1S/C9H23N3O3S/c10-4-1-2-5-11-6-3-7-12-8-9-16(13,14)15/h11-12H,1-10H2,(H,13,14,15). The molecule has 0 aliphatic carbocycles. The van der Waals surface area contributed by atoms with Crippen LogP contribution in [0.1, 0.15) is 19.3 Å². The smallest absolute Gasteiger partial charge is 0.266 e. The van der Waals surface area contributed by atoms with E-state index in [1.54, 1.807) is 0 Å². The highest BCUT2D eigenvalue weighted by atomic mass is 32.2. The molecule has 0 fully saturated rings.